The molecule has 0 aliphatic rings. The van der Waals surface area contributed by atoms with Crippen LogP contribution in [0.15, 0.2) is 16.7 Å². The van der Waals surface area contributed by atoms with Gasteiger partial charge in [-0.2, -0.15) is 0 Å². The van der Waals surface area contributed by atoms with Crippen LogP contribution >= 0.6 is 27.5 Å². The zero-order chi connectivity index (χ0) is 10.6. The molecule has 4 heteroatoms. The number of ether oxygens (including phenoxy) is 1. The molecule has 0 atom stereocenters. The Kier molecular flexibility index (Phi) is 4.69. The maximum Gasteiger partial charge on any atom is 0.232 e. The first-order chi connectivity index (χ1) is 6.59. The van der Waals surface area contributed by atoms with Gasteiger partial charge in [0.25, 0.3) is 0 Å². The second-order valence-corrected chi connectivity index (χ2v) is 4.79. The third-order valence-corrected chi connectivity index (χ3v) is 2.41. The maximum absolute atomic E-state index is 5.93. The summed E-state index contributed by atoms with van der Waals surface area (Å²) in [6.07, 6.45) is 2.69. The Balaban J connectivity index is 2.51. The van der Waals surface area contributed by atoms with E-state index in [-0.39, 0.29) is 0 Å². The zero-order valence-corrected chi connectivity index (χ0v) is 10.6. The lowest BCUT2D eigenvalue weighted by Gasteiger charge is -2.08. The number of nitrogens with zero attached hydrogens (tertiary/aromatic N) is 1. The smallest absolute Gasteiger partial charge is 0.232 e. The SMILES string of the molecule is CC(C)CCOc1ncc(Br)cc1Cl. The van der Waals surface area contributed by atoms with Gasteiger partial charge in [-0.3, -0.25) is 0 Å². The predicted molar refractivity (Wildman–Crippen MR) is 61.9 cm³/mol. The monoisotopic (exact) mass is 277 g/mol. The van der Waals surface area contributed by atoms with Gasteiger partial charge < -0.3 is 4.74 Å². The molecule has 0 aliphatic carbocycles. The summed E-state index contributed by atoms with van der Waals surface area (Å²) in [6.45, 7) is 4.96. The van der Waals surface area contributed by atoms with Gasteiger partial charge in [0.1, 0.15) is 5.02 Å². The van der Waals surface area contributed by atoms with Crippen LogP contribution in [0.1, 0.15) is 20.3 Å². The Bertz CT molecular complexity index is 304. The molecule has 1 rings (SSSR count). The molecule has 0 spiro atoms. The first-order valence-corrected chi connectivity index (χ1v) is 5.70. The number of aromatic nitrogens is 1. The van der Waals surface area contributed by atoms with E-state index < -0.39 is 0 Å². The van der Waals surface area contributed by atoms with Crippen LogP contribution < -0.4 is 4.74 Å². The fraction of sp³-hybridized carbons (Fsp3) is 0.500. The first kappa shape index (κ1) is 11.8. The summed E-state index contributed by atoms with van der Waals surface area (Å²) in [7, 11) is 0. The fourth-order valence-electron chi connectivity index (χ4n) is 0.900. The molecular weight excluding hydrogens is 265 g/mol. The highest BCUT2D eigenvalue weighted by atomic mass is 79.9. The van der Waals surface area contributed by atoms with Gasteiger partial charge in [0, 0.05) is 10.7 Å². The van der Waals surface area contributed by atoms with Crippen molar-refractivity contribution in [2.24, 2.45) is 5.92 Å². The van der Waals surface area contributed by atoms with E-state index >= 15 is 0 Å². The molecule has 1 aromatic heterocycles. The van der Waals surface area contributed by atoms with Crippen LogP contribution in [0.5, 0.6) is 5.88 Å². The molecule has 0 unspecified atom stereocenters. The maximum atomic E-state index is 5.93. The van der Waals surface area contributed by atoms with Crippen molar-refractivity contribution in [2.75, 3.05) is 6.61 Å². The number of halogens is 2. The molecule has 0 aromatic carbocycles. The van der Waals surface area contributed by atoms with Gasteiger partial charge in [-0.1, -0.05) is 25.4 Å². The molecule has 0 saturated heterocycles. The van der Waals surface area contributed by atoms with E-state index in [1.54, 1.807) is 12.3 Å². The standard InChI is InChI=1S/C10H13BrClNO/c1-7(2)3-4-14-10-9(12)5-8(11)6-13-10/h5-7H,3-4H2,1-2H3. The molecule has 78 valence electrons. The molecule has 0 radical (unpaired) electrons. The Morgan fingerprint density at radius 2 is 2.29 bits per heavy atom. The van der Waals surface area contributed by atoms with Gasteiger partial charge in [0.15, 0.2) is 0 Å². The summed E-state index contributed by atoms with van der Waals surface area (Å²) >= 11 is 9.21. The van der Waals surface area contributed by atoms with Gasteiger partial charge in [0.2, 0.25) is 5.88 Å². The molecule has 0 N–H and O–H groups in total. The van der Waals surface area contributed by atoms with Gasteiger partial charge >= 0.3 is 0 Å². The van der Waals surface area contributed by atoms with Crippen molar-refractivity contribution in [2.45, 2.75) is 20.3 Å². The summed E-state index contributed by atoms with van der Waals surface area (Å²) < 4.78 is 6.30. The summed E-state index contributed by atoms with van der Waals surface area (Å²) in [5, 5.41) is 0.545. The molecule has 0 bridgehead atoms. The van der Waals surface area contributed by atoms with Crippen LogP contribution in [0, 0.1) is 5.92 Å². The van der Waals surface area contributed by atoms with Crippen molar-refractivity contribution in [1.82, 2.24) is 4.98 Å². The average Bonchev–Trinajstić information content (AvgIpc) is 2.08. The second kappa shape index (κ2) is 5.56. The predicted octanol–water partition coefficient (Wildman–Crippen LogP) is 3.92. The van der Waals surface area contributed by atoms with Crippen LogP contribution in [-0.4, -0.2) is 11.6 Å². The van der Waals surface area contributed by atoms with Crippen molar-refractivity contribution < 1.29 is 4.74 Å². The van der Waals surface area contributed by atoms with E-state index in [0.29, 0.717) is 23.4 Å². The van der Waals surface area contributed by atoms with Crippen molar-refractivity contribution in [3.63, 3.8) is 0 Å². The molecule has 0 amide bonds. The van der Waals surface area contributed by atoms with Crippen molar-refractivity contribution in [3.05, 3.63) is 21.8 Å². The van der Waals surface area contributed by atoms with E-state index in [1.165, 1.54) is 0 Å². The van der Waals surface area contributed by atoms with Crippen LogP contribution in [-0.2, 0) is 0 Å². The normalized spacial score (nSPS) is 10.6. The number of pyridine rings is 1. The number of hydrogen-bond donors (Lipinski definition) is 0. The molecule has 0 saturated carbocycles. The number of hydrogen-bond acceptors (Lipinski definition) is 2. The van der Waals surface area contributed by atoms with E-state index in [4.69, 9.17) is 16.3 Å². The highest BCUT2D eigenvalue weighted by Crippen LogP contribution is 2.24. The summed E-state index contributed by atoms with van der Waals surface area (Å²) in [5.41, 5.74) is 0. The topological polar surface area (TPSA) is 22.1 Å². The van der Waals surface area contributed by atoms with E-state index in [9.17, 15) is 0 Å². The quantitative estimate of drug-likeness (QED) is 0.833. The zero-order valence-electron chi connectivity index (χ0n) is 8.26. The summed E-state index contributed by atoms with van der Waals surface area (Å²) in [6, 6.07) is 1.78. The first-order valence-electron chi connectivity index (χ1n) is 4.53. The van der Waals surface area contributed by atoms with Crippen LogP contribution in [0.2, 0.25) is 5.02 Å². The van der Waals surface area contributed by atoms with Crippen molar-refractivity contribution in [1.29, 1.82) is 0 Å². The second-order valence-electron chi connectivity index (χ2n) is 3.47. The average molecular weight is 279 g/mol. The van der Waals surface area contributed by atoms with Gasteiger partial charge in [-0.05, 0) is 34.3 Å². The highest BCUT2D eigenvalue weighted by Gasteiger charge is 2.03. The van der Waals surface area contributed by atoms with Crippen LogP contribution in [0.25, 0.3) is 0 Å². The summed E-state index contributed by atoms with van der Waals surface area (Å²) in [5.74, 6) is 1.14. The Morgan fingerprint density at radius 3 is 2.86 bits per heavy atom. The lowest BCUT2D eigenvalue weighted by Crippen LogP contribution is -2.02. The molecular formula is C10H13BrClNO. The van der Waals surface area contributed by atoms with Gasteiger partial charge in [0.05, 0.1) is 6.61 Å². The van der Waals surface area contributed by atoms with E-state index in [0.717, 1.165) is 10.9 Å². The fourth-order valence-corrected chi connectivity index (χ4v) is 1.58. The number of rotatable bonds is 4. The Morgan fingerprint density at radius 1 is 1.57 bits per heavy atom. The minimum absolute atomic E-state index is 0.510. The summed E-state index contributed by atoms with van der Waals surface area (Å²) in [4.78, 5) is 4.07. The molecule has 1 heterocycles. The molecule has 14 heavy (non-hydrogen) atoms. The van der Waals surface area contributed by atoms with Crippen molar-refractivity contribution >= 4 is 27.5 Å². The van der Waals surface area contributed by atoms with Crippen molar-refractivity contribution in [3.8, 4) is 5.88 Å². The van der Waals surface area contributed by atoms with Crippen LogP contribution in [0.3, 0.4) is 0 Å². The minimum Gasteiger partial charge on any atom is -0.477 e. The van der Waals surface area contributed by atoms with Gasteiger partial charge in [-0.15, -0.1) is 0 Å². The lowest BCUT2D eigenvalue weighted by molar-refractivity contribution is 0.279. The molecule has 0 fully saturated rings. The lowest BCUT2D eigenvalue weighted by atomic mass is 10.1. The Hall–Kier alpha value is -0.280. The third kappa shape index (κ3) is 3.84. The highest BCUT2D eigenvalue weighted by molar-refractivity contribution is 9.10. The Labute approximate surface area is 97.8 Å². The van der Waals surface area contributed by atoms with E-state index in [1.807, 2.05) is 0 Å². The molecule has 0 aliphatic heterocycles. The van der Waals surface area contributed by atoms with Crippen LogP contribution in [0.4, 0.5) is 0 Å². The minimum atomic E-state index is 0.510. The largest absolute Gasteiger partial charge is 0.477 e. The molecule has 2 nitrogen and oxygen atoms in total. The molecule has 1 aromatic rings. The third-order valence-electron chi connectivity index (χ3n) is 1.71. The van der Waals surface area contributed by atoms with E-state index in [2.05, 4.69) is 34.8 Å². The van der Waals surface area contributed by atoms with Gasteiger partial charge in [-0.25, -0.2) is 4.98 Å².